The Labute approximate surface area is 196 Å². The van der Waals surface area contributed by atoms with Crippen LogP contribution in [0.25, 0.3) is 0 Å². The molecule has 0 radical (unpaired) electrons. The van der Waals surface area contributed by atoms with Crippen molar-refractivity contribution in [3.63, 3.8) is 0 Å². The predicted molar refractivity (Wildman–Crippen MR) is 74.1 cm³/mol. The quantitative estimate of drug-likeness (QED) is 0.345. The fraction of sp³-hybridized carbons (Fsp3) is 1.00. The average Bonchev–Trinajstić information content (AvgIpc) is 2.30. The summed E-state index contributed by atoms with van der Waals surface area (Å²) >= 11 is 0. The largest absolute Gasteiger partial charge is 2.00 e. The fourth-order valence-corrected chi connectivity index (χ4v) is 4.30. The van der Waals surface area contributed by atoms with Crippen LogP contribution in [-0.4, -0.2) is 93.4 Å². The number of sulfonamides is 4. The first-order valence-electron chi connectivity index (χ1n) is 5.23. The van der Waals surface area contributed by atoms with Crippen LogP contribution >= 0.6 is 0 Å². The zero-order valence-electron chi connectivity index (χ0n) is 15.1. The van der Waals surface area contributed by atoms with Gasteiger partial charge in [0.05, 0.1) is 0 Å². The van der Waals surface area contributed by atoms with E-state index in [-0.39, 0.29) is 40.6 Å². The normalized spacial score (nSPS) is 14.8. The molecule has 0 unspecified atom stereocenters. The van der Waals surface area contributed by atoms with Crippen molar-refractivity contribution in [2.75, 3.05) is 0 Å². The summed E-state index contributed by atoms with van der Waals surface area (Å²) in [5, 5.41) is 0. The van der Waals surface area contributed by atoms with E-state index in [9.17, 15) is 86.4 Å². The molecule has 0 aliphatic rings. The van der Waals surface area contributed by atoms with Gasteiger partial charge in [0.25, 0.3) is 0 Å². The first-order valence-corrected chi connectivity index (χ1v) is 11.2. The summed E-state index contributed by atoms with van der Waals surface area (Å²) in [6.07, 6.45) is 0. The second-order valence-corrected chi connectivity index (χ2v) is 11.2. The number of halogens is 12. The number of alkyl halides is 12. The van der Waals surface area contributed by atoms with Crippen molar-refractivity contribution >= 4 is 77.8 Å². The SMILES string of the molecule is O=S(=O)(NS(=O)(=O)C(F)(F)F)C(F)(F)F.O=S(=O)(NS(=O)(=O)C(F)(F)F)C(F)(F)F.[Ca+2].[H-].[H-]. The molecule has 0 heterocycles. The standard InChI is InChI=1S/2C2HF6NO4S2.Ca.2H/c2*3-1(4,5)14(10,11)9-15(12,13)2(6,7)8;;;/h2*9H;;;/q;;+2;2*-1. The maximum atomic E-state index is 11.5. The van der Waals surface area contributed by atoms with Crippen LogP contribution in [0.1, 0.15) is 2.85 Å². The van der Waals surface area contributed by atoms with E-state index < -0.39 is 70.4 Å². The molecule has 0 aliphatic heterocycles. The summed E-state index contributed by atoms with van der Waals surface area (Å²) < 4.78 is 217. The smallest absolute Gasteiger partial charge is 1.00 e. The summed E-state index contributed by atoms with van der Waals surface area (Å²) in [6, 6.07) is 0. The molecule has 0 spiro atoms. The van der Waals surface area contributed by atoms with Gasteiger partial charge in [-0.15, -0.1) is 0 Å². The van der Waals surface area contributed by atoms with Crippen molar-refractivity contribution < 1.29 is 89.2 Å². The van der Waals surface area contributed by atoms with Gasteiger partial charge in [0.2, 0.25) is 0 Å². The third kappa shape index (κ3) is 10.3. The van der Waals surface area contributed by atoms with E-state index in [4.69, 9.17) is 0 Å². The second kappa shape index (κ2) is 10.2. The van der Waals surface area contributed by atoms with E-state index in [1.54, 1.807) is 0 Å². The van der Waals surface area contributed by atoms with Gasteiger partial charge in [0.1, 0.15) is 0 Å². The van der Waals surface area contributed by atoms with E-state index in [0.29, 0.717) is 0 Å². The van der Waals surface area contributed by atoms with Gasteiger partial charge in [-0.05, 0) is 0 Å². The summed E-state index contributed by atoms with van der Waals surface area (Å²) in [5.41, 5.74) is -24.6. The zero-order valence-corrected chi connectivity index (χ0v) is 18.6. The Balaban J connectivity index is -0.000000145. The van der Waals surface area contributed by atoms with E-state index in [2.05, 4.69) is 0 Å². The number of hydrogen-bond donors (Lipinski definition) is 2. The van der Waals surface area contributed by atoms with Crippen molar-refractivity contribution in [2.45, 2.75) is 22.0 Å². The molecular weight excluding hydrogens is 600 g/mol. The Morgan fingerprint density at radius 2 is 0.484 bits per heavy atom. The molecule has 0 fully saturated rings. The molecule has 0 aliphatic carbocycles. The van der Waals surface area contributed by atoms with Crippen molar-refractivity contribution in [2.24, 2.45) is 0 Å². The van der Waals surface area contributed by atoms with Crippen LogP contribution < -0.4 is 8.25 Å². The molecule has 0 atom stereocenters. The summed E-state index contributed by atoms with van der Waals surface area (Å²) in [6.45, 7) is 0. The Kier molecular flexibility index (Phi) is 11.7. The van der Waals surface area contributed by atoms with Gasteiger partial charge in [0.15, 0.2) is 0 Å². The summed E-state index contributed by atoms with van der Waals surface area (Å²) in [7, 11) is -26.4. The van der Waals surface area contributed by atoms with Gasteiger partial charge in [-0.25, -0.2) is 33.7 Å². The maximum absolute atomic E-state index is 11.5. The van der Waals surface area contributed by atoms with Gasteiger partial charge in [-0.2, -0.15) is 52.7 Å². The molecule has 0 aromatic carbocycles. The van der Waals surface area contributed by atoms with Gasteiger partial charge in [-0.3, -0.25) is 0 Å². The van der Waals surface area contributed by atoms with Crippen molar-refractivity contribution in [3.05, 3.63) is 0 Å². The average molecular weight is 604 g/mol. The van der Waals surface area contributed by atoms with E-state index >= 15 is 0 Å². The third-order valence-corrected chi connectivity index (χ3v) is 7.61. The minimum absolute atomic E-state index is 0. The number of hydrogen-bond acceptors (Lipinski definition) is 8. The zero-order chi connectivity index (χ0) is 25.4. The Bertz CT molecular complexity index is 873. The van der Waals surface area contributed by atoms with Crippen molar-refractivity contribution in [3.8, 4) is 0 Å². The minimum atomic E-state index is -6.60. The maximum Gasteiger partial charge on any atom is 2.00 e. The molecule has 0 bridgehead atoms. The second-order valence-electron chi connectivity index (χ2n) is 3.96. The first kappa shape index (κ1) is 35.7. The molecule has 0 aromatic rings. The summed E-state index contributed by atoms with van der Waals surface area (Å²) in [5.74, 6) is 0. The first-order chi connectivity index (χ1) is 12.4. The Morgan fingerprint density at radius 3 is 0.548 bits per heavy atom. The molecular formula is C4H4CaF12N2O8S4. The van der Waals surface area contributed by atoms with E-state index in [1.807, 2.05) is 0 Å². The fourth-order valence-electron chi connectivity index (χ4n) is 0.478. The van der Waals surface area contributed by atoms with Crippen LogP contribution in [0, 0.1) is 0 Å². The Morgan fingerprint density at radius 1 is 0.387 bits per heavy atom. The third-order valence-electron chi connectivity index (χ3n) is 1.66. The molecule has 27 heteroatoms. The van der Waals surface area contributed by atoms with E-state index in [0.717, 1.165) is 0 Å². The molecule has 0 saturated heterocycles. The van der Waals surface area contributed by atoms with Crippen molar-refractivity contribution in [1.29, 1.82) is 0 Å². The van der Waals surface area contributed by atoms with Gasteiger partial charge < -0.3 is 2.85 Å². The van der Waals surface area contributed by atoms with Gasteiger partial charge >= 0.3 is 99.9 Å². The molecule has 0 aromatic heterocycles. The van der Waals surface area contributed by atoms with Crippen LogP contribution in [0.4, 0.5) is 52.7 Å². The van der Waals surface area contributed by atoms with E-state index in [1.165, 1.54) is 0 Å². The summed E-state index contributed by atoms with van der Waals surface area (Å²) in [4.78, 5) is 0. The number of rotatable bonds is 4. The molecule has 188 valence electrons. The number of nitrogens with one attached hydrogen (secondary N) is 2. The van der Waals surface area contributed by atoms with Crippen molar-refractivity contribution in [1.82, 2.24) is 8.25 Å². The van der Waals surface area contributed by atoms with Gasteiger partial charge in [-0.1, -0.05) is 8.25 Å². The molecule has 2 N–H and O–H groups in total. The Hall–Kier alpha value is 0.140. The predicted octanol–water partition coefficient (Wildman–Crippen LogP) is 0.395. The van der Waals surface area contributed by atoms with Crippen LogP contribution in [0.2, 0.25) is 0 Å². The molecule has 10 nitrogen and oxygen atoms in total. The molecule has 0 amide bonds. The molecule has 0 saturated carbocycles. The monoisotopic (exact) mass is 604 g/mol. The molecule has 31 heavy (non-hydrogen) atoms. The van der Waals surface area contributed by atoms with Crippen LogP contribution in [-0.2, 0) is 40.1 Å². The van der Waals surface area contributed by atoms with Crippen LogP contribution in [0.5, 0.6) is 0 Å². The topological polar surface area (TPSA) is 161 Å². The minimum Gasteiger partial charge on any atom is -1.00 e. The van der Waals surface area contributed by atoms with Crippen LogP contribution in [0.3, 0.4) is 0 Å². The van der Waals surface area contributed by atoms with Crippen LogP contribution in [0.15, 0.2) is 0 Å². The van der Waals surface area contributed by atoms with Gasteiger partial charge in [0, 0.05) is 0 Å². The molecule has 0 rings (SSSR count).